The number of rotatable bonds is 21. The highest BCUT2D eigenvalue weighted by Crippen LogP contribution is 2.21. The number of unbranched alkanes of at least 4 members (excludes halogenated alkanes) is 8. The van der Waals surface area contributed by atoms with Crippen LogP contribution in [0, 0.1) is 0 Å². The summed E-state index contributed by atoms with van der Waals surface area (Å²) in [6, 6.07) is -2.28. The van der Waals surface area contributed by atoms with Crippen molar-refractivity contribution in [3.05, 3.63) is 0 Å². The number of amides is 4. The van der Waals surface area contributed by atoms with Gasteiger partial charge in [0.2, 0.25) is 23.6 Å². The van der Waals surface area contributed by atoms with Gasteiger partial charge in [0.05, 0.1) is 12.1 Å². The lowest BCUT2D eigenvalue weighted by atomic mass is 9.92. The van der Waals surface area contributed by atoms with E-state index in [1.165, 1.54) is 45.4 Å². The van der Waals surface area contributed by atoms with Gasteiger partial charge in [-0.1, -0.05) is 71.1 Å². The maximum absolute atomic E-state index is 12.5. The molecule has 224 valence electrons. The Balaban J connectivity index is 2.35. The van der Waals surface area contributed by atoms with E-state index in [1.807, 2.05) is 0 Å². The van der Waals surface area contributed by atoms with Gasteiger partial charge in [0.1, 0.15) is 18.7 Å². The minimum absolute atomic E-state index is 0.0140. The average molecular weight is 555 g/mol. The van der Waals surface area contributed by atoms with Gasteiger partial charge in [0.25, 0.3) is 0 Å². The van der Waals surface area contributed by atoms with Crippen LogP contribution < -0.4 is 21.7 Å². The molecule has 0 spiro atoms. The van der Waals surface area contributed by atoms with Crippen molar-refractivity contribution in [2.45, 2.75) is 141 Å². The average Bonchev–Trinajstić information content (AvgIpc) is 2.89. The van der Waals surface area contributed by atoms with E-state index in [0.717, 1.165) is 44.9 Å². The standard InChI is InChI=1S/C28H50N4O7/c1-3-4-5-6-7-8-9-10-11-16-24(33)31-21-14-12-13-15-23(21)39-19-25(34)30-20(2)28(38)32-22(27(29)37)17-18-26(35)36/h20-23H,3-19H2,1-2H3,(H2,29,37)(H,30,34)(H,31,33)(H,32,38)(H,35,36)/t20-,21?,22+,23?/m0/s1. The van der Waals surface area contributed by atoms with Crippen molar-refractivity contribution in [3.8, 4) is 0 Å². The molecule has 39 heavy (non-hydrogen) atoms. The van der Waals surface area contributed by atoms with Crippen molar-refractivity contribution in [1.29, 1.82) is 0 Å². The molecular weight excluding hydrogens is 504 g/mol. The Kier molecular flexibility index (Phi) is 17.8. The van der Waals surface area contributed by atoms with Crippen LogP contribution in [0.5, 0.6) is 0 Å². The lowest BCUT2D eigenvalue weighted by molar-refractivity contribution is -0.138. The van der Waals surface area contributed by atoms with Crippen LogP contribution in [0.3, 0.4) is 0 Å². The first kappa shape index (κ1) is 34.3. The second-order valence-corrected chi connectivity index (χ2v) is 10.6. The van der Waals surface area contributed by atoms with E-state index >= 15 is 0 Å². The largest absolute Gasteiger partial charge is 0.481 e. The Bertz CT molecular complexity index is 777. The Hall–Kier alpha value is -2.69. The predicted molar refractivity (Wildman–Crippen MR) is 148 cm³/mol. The molecule has 0 saturated heterocycles. The molecule has 1 aliphatic carbocycles. The summed E-state index contributed by atoms with van der Waals surface area (Å²) in [7, 11) is 0. The van der Waals surface area contributed by atoms with Crippen molar-refractivity contribution in [2.75, 3.05) is 6.61 Å². The molecule has 4 amide bonds. The number of nitrogens with one attached hydrogen (secondary N) is 3. The molecule has 1 aliphatic rings. The van der Waals surface area contributed by atoms with Crippen LogP contribution in [0.2, 0.25) is 0 Å². The second-order valence-electron chi connectivity index (χ2n) is 10.6. The third-order valence-corrected chi connectivity index (χ3v) is 7.06. The number of carbonyl (C=O) groups excluding carboxylic acids is 4. The maximum Gasteiger partial charge on any atom is 0.303 e. The van der Waals surface area contributed by atoms with Gasteiger partial charge in [-0.15, -0.1) is 0 Å². The van der Waals surface area contributed by atoms with Gasteiger partial charge < -0.3 is 31.5 Å². The molecule has 0 aromatic rings. The molecule has 1 rings (SSSR count). The third kappa shape index (κ3) is 16.1. The summed E-state index contributed by atoms with van der Waals surface area (Å²) in [6.07, 6.45) is 13.9. The van der Waals surface area contributed by atoms with Crippen molar-refractivity contribution < 1.29 is 33.8 Å². The Morgan fingerprint density at radius 1 is 0.872 bits per heavy atom. The minimum Gasteiger partial charge on any atom is -0.481 e. The third-order valence-electron chi connectivity index (χ3n) is 7.06. The van der Waals surface area contributed by atoms with Gasteiger partial charge in [-0.05, 0) is 32.6 Å². The number of primary amides is 1. The fraction of sp³-hybridized carbons (Fsp3) is 0.821. The molecule has 6 N–H and O–H groups in total. The highest BCUT2D eigenvalue weighted by Gasteiger charge is 2.28. The number of nitrogens with two attached hydrogens (primary N) is 1. The number of hydrogen-bond donors (Lipinski definition) is 5. The topological polar surface area (TPSA) is 177 Å². The van der Waals surface area contributed by atoms with E-state index in [4.69, 9.17) is 15.6 Å². The van der Waals surface area contributed by atoms with Gasteiger partial charge in [0.15, 0.2) is 0 Å². The van der Waals surface area contributed by atoms with E-state index in [2.05, 4.69) is 22.9 Å². The molecule has 1 saturated carbocycles. The number of carbonyl (C=O) groups is 5. The zero-order valence-corrected chi connectivity index (χ0v) is 23.8. The number of carboxylic acids is 1. The van der Waals surface area contributed by atoms with Crippen LogP contribution in [0.25, 0.3) is 0 Å². The minimum atomic E-state index is -1.15. The molecule has 11 nitrogen and oxygen atoms in total. The number of carboxylic acid groups (broad SMARTS) is 1. The summed E-state index contributed by atoms with van der Waals surface area (Å²) < 4.78 is 5.82. The molecule has 0 aliphatic heterocycles. The normalized spacial score (nSPS) is 18.5. The number of aliphatic carboxylic acids is 1. The summed E-state index contributed by atoms with van der Waals surface area (Å²) in [4.78, 5) is 59.5. The van der Waals surface area contributed by atoms with Crippen LogP contribution in [0.1, 0.15) is 117 Å². The van der Waals surface area contributed by atoms with E-state index < -0.39 is 35.8 Å². The smallest absolute Gasteiger partial charge is 0.303 e. The van der Waals surface area contributed by atoms with Crippen molar-refractivity contribution in [1.82, 2.24) is 16.0 Å². The van der Waals surface area contributed by atoms with E-state index in [-0.39, 0.29) is 37.5 Å². The highest BCUT2D eigenvalue weighted by atomic mass is 16.5. The van der Waals surface area contributed by atoms with Crippen molar-refractivity contribution in [3.63, 3.8) is 0 Å². The van der Waals surface area contributed by atoms with Crippen LogP contribution in [0.4, 0.5) is 0 Å². The highest BCUT2D eigenvalue weighted by molar-refractivity contribution is 5.91. The monoisotopic (exact) mass is 554 g/mol. The predicted octanol–water partition coefficient (Wildman–Crippen LogP) is 2.69. The van der Waals surface area contributed by atoms with E-state index in [1.54, 1.807) is 0 Å². The first-order valence-corrected chi connectivity index (χ1v) is 14.7. The fourth-order valence-corrected chi connectivity index (χ4v) is 4.72. The lowest BCUT2D eigenvalue weighted by Gasteiger charge is -2.32. The number of hydrogen-bond acceptors (Lipinski definition) is 6. The van der Waals surface area contributed by atoms with Crippen molar-refractivity contribution in [2.24, 2.45) is 5.73 Å². The molecular formula is C28H50N4O7. The quantitative estimate of drug-likeness (QED) is 0.135. The van der Waals surface area contributed by atoms with Crippen LogP contribution >= 0.6 is 0 Å². The zero-order valence-electron chi connectivity index (χ0n) is 23.8. The molecule has 0 bridgehead atoms. The molecule has 2 unspecified atom stereocenters. The van der Waals surface area contributed by atoms with Crippen LogP contribution in [-0.4, -0.2) is 65.5 Å². The first-order valence-electron chi connectivity index (χ1n) is 14.7. The van der Waals surface area contributed by atoms with E-state index in [9.17, 15) is 24.0 Å². The molecule has 0 heterocycles. The summed E-state index contributed by atoms with van der Waals surface area (Å²) in [5, 5.41) is 16.7. The SMILES string of the molecule is CCCCCCCCCCCC(=O)NC1CCCCC1OCC(=O)N[C@@H](C)C(=O)N[C@H](CCC(=O)O)C(N)=O. The van der Waals surface area contributed by atoms with Gasteiger partial charge in [0, 0.05) is 12.8 Å². The zero-order chi connectivity index (χ0) is 29.0. The van der Waals surface area contributed by atoms with Crippen molar-refractivity contribution >= 4 is 29.6 Å². The summed E-state index contributed by atoms with van der Waals surface area (Å²) in [5.41, 5.74) is 5.23. The lowest BCUT2D eigenvalue weighted by Crippen LogP contribution is -2.53. The van der Waals surface area contributed by atoms with Gasteiger partial charge >= 0.3 is 5.97 Å². The molecule has 4 atom stereocenters. The molecule has 0 aromatic heterocycles. The van der Waals surface area contributed by atoms with Gasteiger partial charge in [-0.25, -0.2) is 0 Å². The maximum atomic E-state index is 12.5. The second kappa shape index (κ2) is 20.2. The fourth-order valence-electron chi connectivity index (χ4n) is 4.72. The van der Waals surface area contributed by atoms with Crippen LogP contribution in [0.15, 0.2) is 0 Å². The molecule has 1 fully saturated rings. The van der Waals surface area contributed by atoms with Crippen LogP contribution in [-0.2, 0) is 28.7 Å². The van der Waals surface area contributed by atoms with Gasteiger partial charge in [-0.2, -0.15) is 0 Å². The summed E-state index contributed by atoms with van der Waals surface area (Å²) in [6.45, 7) is 3.39. The first-order chi connectivity index (χ1) is 18.6. The molecule has 11 heteroatoms. The molecule has 0 radical (unpaired) electrons. The van der Waals surface area contributed by atoms with Gasteiger partial charge in [-0.3, -0.25) is 24.0 Å². The Morgan fingerprint density at radius 3 is 2.10 bits per heavy atom. The number of ether oxygens (including phenoxy) is 1. The Morgan fingerprint density at radius 2 is 1.49 bits per heavy atom. The van der Waals surface area contributed by atoms with E-state index in [0.29, 0.717) is 6.42 Å². The summed E-state index contributed by atoms with van der Waals surface area (Å²) in [5.74, 6) is -3.12. The molecule has 0 aromatic carbocycles. The Labute approximate surface area is 232 Å². The summed E-state index contributed by atoms with van der Waals surface area (Å²) >= 11 is 0.